The Balaban J connectivity index is 2.27. The van der Waals surface area contributed by atoms with Gasteiger partial charge in [0.15, 0.2) is 9.84 Å². The van der Waals surface area contributed by atoms with Crippen LogP contribution in [0.15, 0.2) is 77.7 Å². The Kier molecular flexibility index (Phi) is 7.03. The molecule has 4 heteroatoms. The van der Waals surface area contributed by atoms with Crippen LogP contribution in [0.3, 0.4) is 0 Å². The topological polar surface area (TPSA) is 34.1 Å². The molecule has 0 aromatic heterocycles. The summed E-state index contributed by atoms with van der Waals surface area (Å²) in [4.78, 5) is 0.326. The lowest BCUT2D eigenvalue weighted by atomic mass is 10.1. The van der Waals surface area contributed by atoms with E-state index in [0.717, 1.165) is 11.1 Å². The van der Waals surface area contributed by atoms with Gasteiger partial charge in [0.2, 0.25) is 0 Å². The van der Waals surface area contributed by atoms with Crippen molar-refractivity contribution in [1.82, 2.24) is 0 Å². The van der Waals surface area contributed by atoms with E-state index in [0.29, 0.717) is 29.2 Å². The molecule has 0 fully saturated rings. The SMILES string of the molecule is C=C(CCCl)C(CC=Cc1ccccc1)S(=O)(=O)c1ccc(C)cc1. The minimum absolute atomic E-state index is 0.326. The van der Waals surface area contributed by atoms with Gasteiger partial charge in [0.1, 0.15) is 0 Å². The number of aryl methyl sites for hydroxylation is 1. The molecule has 132 valence electrons. The fourth-order valence-corrected chi connectivity index (χ4v) is 4.59. The summed E-state index contributed by atoms with van der Waals surface area (Å²) in [5.41, 5.74) is 2.71. The van der Waals surface area contributed by atoms with Gasteiger partial charge in [0, 0.05) is 5.88 Å². The van der Waals surface area contributed by atoms with E-state index in [1.807, 2.05) is 61.5 Å². The average Bonchev–Trinajstić information content (AvgIpc) is 2.60. The van der Waals surface area contributed by atoms with Crippen molar-refractivity contribution >= 4 is 27.5 Å². The second-order valence-electron chi connectivity index (χ2n) is 5.99. The van der Waals surface area contributed by atoms with Crippen molar-refractivity contribution < 1.29 is 8.42 Å². The molecule has 0 spiro atoms. The molecule has 0 heterocycles. The molecule has 0 amide bonds. The van der Waals surface area contributed by atoms with Crippen molar-refractivity contribution in [2.45, 2.75) is 29.9 Å². The summed E-state index contributed by atoms with van der Waals surface area (Å²) >= 11 is 5.81. The van der Waals surface area contributed by atoms with Crippen LogP contribution in [0.1, 0.15) is 24.0 Å². The van der Waals surface area contributed by atoms with Gasteiger partial charge in [-0.25, -0.2) is 8.42 Å². The first-order chi connectivity index (χ1) is 11.9. The molecule has 0 saturated carbocycles. The zero-order chi connectivity index (χ0) is 18.3. The normalized spacial score (nSPS) is 13.0. The lowest BCUT2D eigenvalue weighted by Crippen LogP contribution is -2.23. The zero-order valence-electron chi connectivity index (χ0n) is 14.4. The van der Waals surface area contributed by atoms with Crippen LogP contribution in [0, 0.1) is 6.92 Å². The van der Waals surface area contributed by atoms with E-state index in [2.05, 4.69) is 6.58 Å². The quantitative estimate of drug-likeness (QED) is 0.456. The maximum Gasteiger partial charge on any atom is 0.185 e. The largest absolute Gasteiger partial charge is 0.223 e. The second kappa shape index (κ2) is 9.02. The summed E-state index contributed by atoms with van der Waals surface area (Å²) in [6.45, 7) is 5.92. The van der Waals surface area contributed by atoms with Crippen molar-refractivity contribution in [2.75, 3.05) is 5.88 Å². The van der Waals surface area contributed by atoms with Crippen LogP contribution in [0.5, 0.6) is 0 Å². The van der Waals surface area contributed by atoms with E-state index in [9.17, 15) is 8.42 Å². The van der Waals surface area contributed by atoms with E-state index in [1.54, 1.807) is 12.1 Å². The van der Waals surface area contributed by atoms with Crippen LogP contribution < -0.4 is 0 Å². The maximum atomic E-state index is 13.1. The standard InChI is InChI=1S/C21H23ClO2S/c1-17-11-13-20(14-12-17)25(23,24)21(18(2)15-16-22)10-6-9-19-7-4-3-5-8-19/h3-9,11-14,21H,2,10,15-16H2,1H3. The lowest BCUT2D eigenvalue weighted by Gasteiger charge is -2.18. The summed E-state index contributed by atoms with van der Waals surface area (Å²) in [5, 5.41) is -0.672. The zero-order valence-corrected chi connectivity index (χ0v) is 15.9. The van der Waals surface area contributed by atoms with Crippen LogP contribution in [-0.2, 0) is 9.84 Å². The molecule has 1 unspecified atom stereocenters. The highest BCUT2D eigenvalue weighted by Crippen LogP contribution is 2.26. The molecule has 2 rings (SSSR count). The molecular weight excluding hydrogens is 352 g/mol. The Morgan fingerprint density at radius 1 is 1.12 bits per heavy atom. The molecule has 2 nitrogen and oxygen atoms in total. The summed E-state index contributed by atoms with van der Waals surface area (Å²) in [5.74, 6) is 0.362. The van der Waals surface area contributed by atoms with Crippen molar-refractivity contribution in [3.05, 3.63) is 84.0 Å². The monoisotopic (exact) mass is 374 g/mol. The van der Waals surface area contributed by atoms with Gasteiger partial charge in [0.05, 0.1) is 10.1 Å². The third-order valence-corrected chi connectivity index (χ3v) is 6.45. The van der Waals surface area contributed by atoms with Gasteiger partial charge in [-0.1, -0.05) is 72.3 Å². The van der Waals surface area contributed by atoms with Gasteiger partial charge in [-0.2, -0.15) is 0 Å². The minimum atomic E-state index is -3.50. The van der Waals surface area contributed by atoms with E-state index < -0.39 is 15.1 Å². The van der Waals surface area contributed by atoms with Crippen LogP contribution in [0.4, 0.5) is 0 Å². The van der Waals surface area contributed by atoms with Crippen molar-refractivity contribution in [1.29, 1.82) is 0 Å². The number of hydrogen-bond donors (Lipinski definition) is 0. The first-order valence-electron chi connectivity index (χ1n) is 8.21. The molecule has 25 heavy (non-hydrogen) atoms. The molecule has 0 aliphatic rings. The van der Waals surface area contributed by atoms with Gasteiger partial charge in [-0.15, -0.1) is 11.6 Å². The van der Waals surface area contributed by atoms with Crippen molar-refractivity contribution in [3.63, 3.8) is 0 Å². The Hall–Kier alpha value is -1.84. The Morgan fingerprint density at radius 2 is 1.76 bits per heavy atom. The predicted molar refractivity (Wildman–Crippen MR) is 107 cm³/mol. The predicted octanol–water partition coefficient (Wildman–Crippen LogP) is 5.43. The molecule has 0 bridgehead atoms. The highest BCUT2D eigenvalue weighted by molar-refractivity contribution is 7.92. The highest BCUT2D eigenvalue weighted by atomic mass is 35.5. The first-order valence-corrected chi connectivity index (χ1v) is 10.3. The van der Waals surface area contributed by atoms with Crippen LogP contribution in [-0.4, -0.2) is 19.5 Å². The molecular formula is C21H23ClO2S. The smallest absolute Gasteiger partial charge is 0.185 e. The molecule has 0 aliphatic carbocycles. The molecule has 0 N–H and O–H groups in total. The summed E-state index contributed by atoms with van der Waals surface area (Å²) in [6.07, 6.45) is 4.69. The molecule has 0 radical (unpaired) electrons. The maximum absolute atomic E-state index is 13.1. The van der Waals surface area contributed by atoms with Crippen molar-refractivity contribution in [2.24, 2.45) is 0 Å². The first kappa shape index (κ1) is 19.5. The Labute approximate surface area is 155 Å². The molecule has 0 saturated heterocycles. The van der Waals surface area contributed by atoms with Crippen LogP contribution >= 0.6 is 11.6 Å². The number of halogens is 1. The number of benzene rings is 2. The second-order valence-corrected chi connectivity index (χ2v) is 8.50. The van der Waals surface area contributed by atoms with Gasteiger partial charge in [-0.3, -0.25) is 0 Å². The third kappa shape index (κ3) is 5.32. The summed E-state index contributed by atoms with van der Waals surface area (Å²) < 4.78 is 26.1. The van der Waals surface area contributed by atoms with Crippen molar-refractivity contribution in [3.8, 4) is 0 Å². The molecule has 0 aliphatic heterocycles. The molecule has 1 atom stereocenters. The van der Waals surface area contributed by atoms with Gasteiger partial charge in [0.25, 0.3) is 0 Å². The van der Waals surface area contributed by atoms with Crippen LogP contribution in [0.25, 0.3) is 6.08 Å². The van der Waals surface area contributed by atoms with Gasteiger partial charge in [-0.05, 0) is 37.5 Å². The number of hydrogen-bond acceptors (Lipinski definition) is 2. The Morgan fingerprint density at radius 3 is 2.36 bits per heavy atom. The molecule has 2 aromatic carbocycles. The minimum Gasteiger partial charge on any atom is -0.223 e. The number of allylic oxidation sites excluding steroid dienone is 1. The van der Waals surface area contributed by atoms with Gasteiger partial charge >= 0.3 is 0 Å². The number of rotatable bonds is 8. The molecule has 2 aromatic rings. The fraction of sp³-hybridized carbons (Fsp3) is 0.238. The van der Waals surface area contributed by atoms with E-state index >= 15 is 0 Å². The summed E-state index contributed by atoms with van der Waals surface area (Å²) in [6, 6.07) is 16.8. The third-order valence-electron chi connectivity index (χ3n) is 4.06. The van der Waals surface area contributed by atoms with E-state index in [4.69, 9.17) is 11.6 Å². The lowest BCUT2D eigenvalue weighted by molar-refractivity contribution is 0.585. The highest BCUT2D eigenvalue weighted by Gasteiger charge is 2.28. The van der Waals surface area contributed by atoms with Gasteiger partial charge < -0.3 is 0 Å². The number of alkyl halides is 1. The summed E-state index contributed by atoms with van der Waals surface area (Å²) in [7, 11) is -3.50. The fourth-order valence-electron chi connectivity index (χ4n) is 2.58. The van der Waals surface area contributed by atoms with Crippen LogP contribution in [0.2, 0.25) is 0 Å². The number of sulfone groups is 1. The Bertz CT molecular complexity index is 822. The van der Waals surface area contributed by atoms with E-state index in [-0.39, 0.29) is 0 Å². The van der Waals surface area contributed by atoms with E-state index in [1.165, 1.54) is 0 Å². The average molecular weight is 375 g/mol.